The zero-order chi connectivity index (χ0) is 11.4. The Morgan fingerprint density at radius 1 is 1.53 bits per heavy atom. The maximum Gasteiger partial charge on any atom is 0.270 e. The number of nitrogens with zero attached hydrogens (tertiary/aromatic N) is 1. The number of rotatable bonds is 4. The Labute approximate surface area is 93.3 Å². The Kier molecular flexibility index (Phi) is 3.91. The molecule has 1 atom stereocenters. The Hall–Kier alpha value is -1.29. The van der Waals surface area contributed by atoms with Gasteiger partial charge in [0.05, 0.1) is 4.92 Å². The fourth-order valence-corrected chi connectivity index (χ4v) is 1.72. The third-order valence-corrected chi connectivity index (χ3v) is 2.95. The van der Waals surface area contributed by atoms with E-state index in [1.807, 2.05) is 19.2 Å². The van der Waals surface area contributed by atoms with Crippen molar-refractivity contribution in [1.82, 2.24) is 0 Å². The molecule has 0 fully saturated rings. The predicted octanol–water partition coefficient (Wildman–Crippen LogP) is 3.61. The number of hydrogen-bond acceptors (Lipinski definition) is 3. The molecule has 80 valence electrons. The molecule has 0 aliphatic carbocycles. The van der Waals surface area contributed by atoms with Gasteiger partial charge < -0.3 is 0 Å². The highest BCUT2D eigenvalue weighted by atomic mass is 32.2. The van der Waals surface area contributed by atoms with Crippen molar-refractivity contribution in [2.24, 2.45) is 0 Å². The standard InChI is InChI=1S/C11H13NO2S/c1-4-8(2)9-5-10(12(13)14)7-11(6-9)15-3/h4-8H,1H2,2-3H3. The van der Waals surface area contributed by atoms with E-state index >= 15 is 0 Å². The minimum Gasteiger partial charge on any atom is -0.258 e. The molecule has 0 spiro atoms. The number of nitro groups is 1. The van der Waals surface area contributed by atoms with Crippen LogP contribution < -0.4 is 0 Å². The number of allylic oxidation sites excluding steroid dienone is 1. The number of nitro benzene ring substituents is 1. The van der Waals surface area contributed by atoms with Gasteiger partial charge in [-0.05, 0) is 23.8 Å². The van der Waals surface area contributed by atoms with E-state index in [2.05, 4.69) is 6.58 Å². The van der Waals surface area contributed by atoms with E-state index in [1.165, 1.54) is 11.8 Å². The summed E-state index contributed by atoms with van der Waals surface area (Å²) in [5, 5.41) is 10.7. The molecule has 0 aliphatic heterocycles. The summed E-state index contributed by atoms with van der Waals surface area (Å²) in [6.07, 6.45) is 3.69. The van der Waals surface area contributed by atoms with Crippen molar-refractivity contribution in [2.45, 2.75) is 17.7 Å². The van der Waals surface area contributed by atoms with Crippen LogP contribution in [0.4, 0.5) is 5.69 Å². The van der Waals surface area contributed by atoms with Crippen LogP contribution in [-0.4, -0.2) is 11.2 Å². The molecule has 15 heavy (non-hydrogen) atoms. The molecule has 1 aromatic carbocycles. The van der Waals surface area contributed by atoms with E-state index in [4.69, 9.17) is 0 Å². The lowest BCUT2D eigenvalue weighted by atomic mass is 10.0. The van der Waals surface area contributed by atoms with E-state index in [0.717, 1.165) is 10.5 Å². The van der Waals surface area contributed by atoms with Crippen molar-refractivity contribution in [2.75, 3.05) is 6.26 Å². The van der Waals surface area contributed by atoms with Gasteiger partial charge in [0.2, 0.25) is 0 Å². The van der Waals surface area contributed by atoms with Gasteiger partial charge in [-0.3, -0.25) is 10.1 Å². The molecule has 0 saturated carbocycles. The van der Waals surface area contributed by atoms with Gasteiger partial charge in [-0.1, -0.05) is 13.0 Å². The van der Waals surface area contributed by atoms with Crippen LogP contribution >= 0.6 is 11.8 Å². The summed E-state index contributed by atoms with van der Waals surface area (Å²) in [6, 6.07) is 5.15. The lowest BCUT2D eigenvalue weighted by Crippen LogP contribution is -1.94. The third kappa shape index (κ3) is 2.83. The lowest BCUT2D eigenvalue weighted by molar-refractivity contribution is -0.385. The summed E-state index contributed by atoms with van der Waals surface area (Å²) in [6.45, 7) is 5.66. The molecule has 1 rings (SSSR count). The molecule has 0 amide bonds. The van der Waals surface area contributed by atoms with E-state index < -0.39 is 0 Å². The third-order valence-electron chi connectivity index (χ3n) is 2.24. The molecule has 0 aliphatic rings. The Balaban J connectivity index is 3.22. The minimum absolute atomic E-state index is 0.135. The summed E-state index contributed by atoms with van der Waals surface area (Å²) < 4.78 is 0. The van der Waals surface area contributed by atoms with Gasteiger partial charge >= 0.3 is 0 Å². The van der Waals surface area contributed by atoms with Crippen molar-refractivity contribution in [3.8, 4) is 0 Å². The first-order chi connectivity index (χ1) is 7.08. The maximum atomic E-state index is 10.7. The van der Waals surface area contributed by atoms with Crippen LogP contribution in [0, 0.1) is 10.1 Å². The molecule has 1 unspecified atom stereocenters. The molecule has 3 nitrogen and oxygen atoms in total. The van der Waals surface area contributed by atoms with Gasteiger partial charge in [0.25, 0.3) is 5.69 Å². The van der Waals surface area contributed by atoms with Crippen molar-refractivity contribution in [3.63, 3.8) is 0 Å². The van der Waals surface area contributed by atoms with Gasteiger partial charge in [0.1, 0.15) is 0 Å². The van der Waals surface area contributed by atoms with Crippen LogP contribution in [0.15, 0.2) is 35.7 Å². The first-order valence-corrected chi connectivity index (χ1v) is 5.77. The van der Waals surface area contributed by atoms with Gasteiger partial charge in [-0.2, -0.15) is 0 Å². The maximum absolute atomic E-state index is 10.7. The monoisotopic (exact) mass is 223 g/mol. The SMILES string of the molecule is C=CC(C)c1cc(SC)cc([N+](=O)[O-])c1. The number of hydrogen-bond donors (Lipinski definition) is 0. The second-order valence-electron chi connectivity index (χ2n) is 3.25. The lowest BCUT2D eigenvalue weighted by Gasteiger charge is -2.07. The average molecular weight is 223 g/mol. The van der Waals surface area contributed by atoms with Crippen LogP contribution in [-0.2, 0) is 0 Å². The van der Waals surface area contributed by atoms with E-state index in [9.17, 15) is 10.1 Å². The highest BCUT2D eigenvalue weighted by molar-refractivity contribution is 7.98. The van der Waals surface area contributed by atoms with Crippen LogP contribution in [0.5, 0.6) is 0 Å². The van der Waals surface area contributed by atoms with Crippen molar-refractivity contribution in [1.29, 1.82) is 0 Å². The molecule has 1 aromatic rings. The molecule has 0 bridgehead atoms. The Morgan fingerprint density at radius 3 is 2.67 bits per heavy atom. The second kappa shape index (κ2) is 4.98. The fourth-order valence-electron chi connectivity index (χ4n) is 1.23. The predicted molar refractivity (Wildman–Crippen MR) is 63.5 cm³/mol. The smallest absolute Gasteiger partial charge is 0.258 e. The summed E-state index contributed by atoms with van der Waals surface area (Å²) in [7, 11) is 0. The first-order valence-electron chi connectivity index (χ1n) is 4.54. The molecule has 0 N–H and O–H groups in total. The summed E-state index contributed by atoms with van der Waals surface area (Å²) >= 11 is 1.50. The molecule has 0 saturated heterocycles. The molecule has 0 aromatic heterocycles. The number of thioether (sulfide) groups is 1. The van der Waals surface area contributed by atoms with Crippen molar-refractivity contribution < 1.29 is 4.92 Å². The Morgan fingerprint density at radius 2 is 2.20 bits per heavy atom. The van der Waals surface area contributed by atoms with Gasteiger partial charge in [0.15, 0.2) is 0 Å². The van der Waals surface area contributed by atoms with Crippen LogP contribution in [0.3, 0.4) is 0 Å². The van der Waals surface area contributed by atoms with Crippen molar-refractivity contribution in [3.05, 3.63) is 46.5 Å². The normalized spacial score (nSPS) is 12.1. The molecule has 4 heteroatoms. The Bertz CT molecular complexity index is 390. The second-order valence-corrected chi connectivity index (χ2v) is 4.13. The zero-order valence-corrected chi connectivity index (χ0v) is 9.58. The molecular weight excluding hydrogens is 210 g/mol. The highest BCUT2D eigenvalue weighted by Crippen LogP contribution is 2.28. The fraction of sp³-hybridized carbons (Fsp3) is 0.273. The topological polar surface area (TPSA) is 43.1 Å². The quantitative estimate of drug-likeness (QED) is 0.339. The molecule has 0 heterocycles. The molecule has 0 radical (unpaired) electrons. The first kappa shape index (κ1) is 11.8. The summed E-state index contributed by atoms with van der Waals surface area (Å²) in [5.41, 5.74) is 1.08. The van der Waals surface area contributed by atoms with Crippen LogP contribution in [0.25, 0.3) is 0 Å². The zero-order valence-electron chi connectivity index (χ0n) is 8.77. The highest BCUT2D eigenvalue weighted by Gasteiger charge is 2.11. The number of benzene rings is 1. The minimum atomic E-state index is -0.362. The largest absolute Gasteiger partial charge is 0.270 e. The van der Waals surface area contributed by atoms with Crippen LogP contribution in [0.1, 0.15) is 18.4 Å². The van der Waals surface area contributed by atoms with Crippen molar-refractivity contribution >= 4 is 17.4 Å². The van der Waals surface area contributed by atoms with Gasteiger partial charge in [-0.15, -0.1) is 18.3 Å². The van der Waals surface area contributed by atoms with Gasteiger partial charge in [0, 0.05) is 17.0 Å². The van der Waals surface area contributed by atoms with Crippen LogP contribution in [0.2, 0.25) is 0 Å². The van der Waals surface area contributed by atoms with E-state index in [-0.39, 0.29) is 16.5 Å². The van der Waals surface area contributed by atoms with Gasteiger partial charge in [-0.25, -0.2) is 0 Å². The average Bonchev–Trinajstić information content (AvgIpc) is 2.27. The summed E-state index contributed by atoms with van der Waals surface area (Å²) in [5.74, 6) is 0.135. The van der Waals surface area contributed by atoms with E-state index in [0.29, 0.717) is 0 Å². The number of non-ortho nitro benzene ring substituents is 1. The van der Waals surface area contributed by atoms with E-state index in [1.54, 1.807) is 18.2 Å². The molecular formula is C11H13NO2S. The summed E-state index contributed by atoms with van der Waals surface area (Å²) in [4.78, 5) is 11.3.